The van der Waals surface area contributed by atoms with Crippen molar-refractivity contribution in [1.29, 1.82) is 0 Å². The van der Waals surface area contributed by atoms with E-state index in [-0.39, 0.29) is 0 Å². The van der Waals surface area contributed by atoms with Crippen LogP contribution in [0.5, 0.6) is 0 Å². The molecule has 0 N–H and O–H groups in total. The quantitative estimate of drug-likeness (QED) is 0.151. The van der Waals surface area contributed by atoms with E-state index in [2.05, 4.69) is 176 Å². The Morgan fingerprint density at radius 2 is 0.817 bits per heavy atom. The molecule has 0 amide bonds. The highest BCUT2D eigenvalue weighted by Crippen LogP contribution is 2.37. The summed E-state index contributed by atoms with van der Waals surface area (Å²) in [6.45, 7) is 0. The standard InChI is InChI=1S/C55H35N5/c1-4-13-36(14-5-1)47-34-49(37-15-6-2-7-16-37)58-54-46(47)30-28-41-29-31-48(57-53(41)54)39-24-26-42(27-25-39)55-59-50(38-17-8-3-9-18-38)35-51(60-55)44-21-10-20-43(33-44)45-23-11-19-40-22-12-32-56-52(40)45/h1-35H. The summed E-state index contributed by atoms with van der Waals surface area (Å²) in [7, 11) is 0. The second-order valence-corrected chi connectivity index (χ2v) is 14.9. The zero-order chi connectivity index (χ0) is 39.8. The highest BCUT2D eigenvalue weighted by atomic mass is 14.9. The van der Waals surface area contributed by atoms with Crippen molar-refractivity contribution in [2.75, 3.05) is 0 Å². The summed E-state index contributed by atoms with van der Waals surface area (Å²) in [5, 5.41) is 3.22. The maximum absolute atomic E-state index is 5.31. The van der Waals surface area contributed by atoms with E-state index < -0.39 is 0 Å². The van der Waals surface area contributed by atoms with Crippen LogP contribution in [0.2, 0.25) is 0 Å². The Labute approximate surface area is 347 Å². The first-order valence-corrected chi connectivity index (χ1v) is 20.1. The number of hydrogen-bond acceptors (Lipinski definition) is 5. The van der Waals surface area contributed by atoms with Crippen molar-refractivity contribution in [3.63, 3.8) is 0 Å². The smallest absolute Gasteiger partial charge is 0.160 e. The molecular weight excluding hydrogens is 731 g/mol. The van der Waals surface area contributed by atoms with Gasteiger partial charge in [-0.1, -0.05) is 176 Å². The van der Waals surface area contributed by atoms with Gasteiger partial charge in [-0.15, -0.1) is 0 Å². The predicted molar refractivity (Wildman–Crippen MR) is 246 cm³/mol. The summed E-state index contributed by atoms with van der Waals surface area (Å²) < 4.78 is 0. The van der Waals surface area contributed by atoms with Crippen LogP contribution in [0.1, 0.15) is 0 Å². The Bertz CT molecular complexity index is 3340. The van der Waals surface area contributed by atoms with Gasteiger partial charge in [-0.25, -0.2) is 19.9 Å². The zero-order valence-electron chi connectivity index (χ0n) is 32.4. The molecule has 0 saturated carbocycles. The zero-order valence-corrected chi connectivity index (χ0v) is 32.4. The Hall–Kier alpha value is -8.15. The van der Waals surface area contributed by atoms with Crippen LogP contribution in [0.25, 0.3) is 111 Å². The molecule has 0 aliphatic rings. The fourth-order valence-electron chi connectivity index (χ4n) is 8.10. The van der Waals surface area contributed by atoms with E-state index in [1.807, 2.05) is 36.5 Å². The van der Waals surface area contributed by atoms with Crippen molar-refractivity contribution >= 4 is 32.7 Å². The van der Waals surface area contributed by atoms with Crippen LogP contribution in [-0.2, 0) is 0 Å². The molecular formula is C55H35N5. The van der Waals surface area contributed by atoms with Gasteiger partial charge in [0.15, 0.2) is 5.82 Å². The number of hydrogen-bond donors (Lipinski definition) is 0. The molecule has 4 heterocycles. The fourth-order valence-corrected chi connectivity index (χ4v) is 8.10. The lowest BCUT2D eigenvalue weighted by Gasteiger charge is -2.13. The van der Waals surface area contributed by atoms with E-state index in [1.165, 1.54) is 0 Å². The number of rotatable bonds is 7. The molecule has 280 valence electrons. The summed E-state index contributed by atoms with van der Waals surface area (Å²) in [5.74, 6) is 0.652. The third kappa shape index (κ3) is 6.54. The lowest BCUT2D eigenvalue weighted by molar-refractivity contribution is 1.18. The van der Waals surface area contributed by atoms with Crippen LogP contribution in [0.3, 0.4) is 0 Å². The molecule has 0 saturated heterocycles. The topological polar surface area (TPSA) is 64.5 Å². The van der Waals surface area contributed by atoms with Gasteiger partial charge >= 0.3 is 0 Å². The van der Waals surface area contributed by atoms with Gasteiger partial charge in [0.2, 0.25) is 0 Å². The largest absolute Gasteiger partial charge is 0.256 e. The molecule has 11 rings (SSSR count). The molecule has 0 bridgehead atoms. The SMILES string of the molecule is c1ccc(-c2cc(-c3cccc(-c4cccc5cccnc45)c3)nc(-c3ccc(-c4ccc5ccc6c(-c7ccccc7)cc(-c7ccccc7)nc6c5n4)cc3)n2)cc1. The van der Waals surface area contributed by atoms with Crippen LogP contribution in [-0.4, -0.2) is 24.9 Å². The van der Waals surface area contributed by atoms with Crippen LogP contribution < -0.4 is 0 Å². The minimum Gasteiger partial charge on any atom is -0.256 e. The third-order valence-corrected chi connectivity index (χ3v) is 11.1. The van der Waals surface area contributed by atoms with Crippen molar-refractivity contribution in [3.05, 3.63) is 212 Å². The minimum atomic E-state index is 0.652. The number of aromatic nitrogens is 5. The normalized spacial score (nSPS) is 11.3. The van der Waals surface area contributed by atoms with Crippen molar-refractivity contribution in [3.8, 4) is 78.7 Å². The molecule has 0 spiro atoms. The van der Waals surface area contributed by atoms with Crippen LogP contribution in [0.15, 0.2) is 212 Å². The number of para-hydroxylation sites is 1. The van der Waals surface area contributed by atoms with Gasteiger partial charge in [-0.05, 0) is 47.0 Å². The van der Waals surface area contributed by atoms with Gasteiger partial charge in [-0.2, -0.15) is 0 Å². The van der Waals surface area contributed by atoms with Gasteiger partial charge < -0.3 is 0 Å². The van der Waals surface area contributed by atoms with Crippen molar-refractivity contribution < 1.29 is 0 Å². The van der Waals surface area contributed by atoms with Crippen LogP contribution in [0.4, 0.5) is 0 Å². The first kappa shape index (κ1) is 35.0. The summed E-state index contributed by atoms with van der Waals surface area (Å²) >= 11 is 0. The molecule has 5 heteroatoms. The van der Waals surface area contributed by atoms with E-state index in [0.29, 0.717) is 5.82 Å². The molecule has 0 aliphatic heterocycles. The Balaban J connectivity index is 1.000. The van der Waals surface area contributed by atoms with Gasteiger partial charge in [-0.3, -0.25) is 4.98 Å². The minimum absolute atomic E-state index is 0.652. The summed E-state index contributed by atoms with van der Waals surface area (Å²) in [5.41, 5.74) is 15.7. The average molecular weight is 766 g/mol. The van der Waals surface area contributed by atoms with E-state index in [1.54, 1.807) is 0 Å². The molecule has 0 fully saturated rings. The van der Waals surface area contributed by atoms with Crippen LogP contribution in [0, 0.1) is 0 Å². The number of fused-ring (bicyclic) bond motifs is 4. The van der Waals surface area contributed by atoms with Gasteiger partial charge in [0.05, 0.1) is 39.3 Å². The molecule has 0 unspecified atom stereocenters. The van der Waals surface area contributed by atoms with Gasteiger partial charge in [0, 0.05) is 55.7 Å². The fraction of sp³-hybridized carbons (Fsp3) is 0. The van der Waals surface area contributed by atoms with Crippen molar-refractivity contribution in [2.24, 2.45) is 0 Å². The van der Waals surface area contributed by atoms with Crippen molar-refractivity contribution in [1.82, 2.24) is 24.9 Å². The third-order valence-electron chi connectivity index (χ3n) is 11.1. The van der Waals surface area contributed by atoms with Crippen molar-refractivity contribution in [2.45, 2.75) is 0 Å². The molecule has 60 heavy (non-hydrogen) atoms. The maximum Gasteiger partial charge on any atom is 0.160 e. The average Bonchev–Trinajstić information content (AvgIpc) is 3.34. The maximum atomic E-state index is 5.31. The van der Waals surface area contributed by atoms with E-state index >= 15 is 0 Å². The number of benzene rings is 7. The first-order chi connectivity index (χ1) is 29.7. The highest BCUT2D eigenvalue weighted by molar-refractivity contribution is 6.09. The summed E-state index contributed by atoms with van der Waals surface area (Å²) in [4.78, 5) is 25.6. The van der Waals surface area contributed by atoms with E-state index in [4.69, 9.17) is 24.9 Å². The van der Waals surface area contributed by atoms with Gasteiger partial charge in [0.25, 0.3) is 0 Å². The molecule has 4 aromatic heterocycles. The molecule has 0 radical (unpaired) electrons. The second-order valence-electron chi connectivity index (χ2n) is 14.9. The summed E-state index contributed by atoms with van der Waals surface area (Å²) in [6.07, 6.45) is 1.85. The molecule has 7 aromatic carbocycles. The Morgan fingerprint density at radius 3 is 1.57 bits per heavy atom. The molecule has 5 nitrogen and oxygen atoms in total. The molecule has 11 aromatic rings. The Morgan fingerprint density at radius 1 is 0.267 bits per heavy atom. The Kier molecular flexibility index (Phi) is 8.75. The predicted octanol–water partition coefficient (Wildman–Crippen LogP) is 13.8. The van der Waals surface area contributed by atoms with Crippen LogP contribution >= 0.6 is 0 Å². The highest BCUT2D eigenvalue weighted by Gasteiger charge is 2.16. The first-order valence-electron chi connectivity index (χ1n) is 20.1. The molecule has 0 aliphatic carbocycles. The number of pyridine rings is 3. The van der Waals surface area contributed by atoms with Gasteiger partial charge in [0.1, 0.15) is 0 Å². The molecule has 0 atom stereocenters. The summed E-state index contributed by atoms with van der Waals surface area (Å²) in [6, 6.07) is 71.3. The van der Waals surface area contributed by atoms with E-state index in [0.717, 1.165) is 106 Å². The number of nitrogens with zero attached hydrogens (tertiary/aromatic N) is 5. The second kappa shape index (κ2) is 15.0. The lowest BCUT2D eigenvalue weighted by Crippen LogP contribution is -1.96. The van der Waals surface area contributed by atoms with E-state index in [9.17, 15) is 0 Å². The lowest BCUT2D eigenvalue weighted by atomic mass is 9.97. The monoisotopic (exact) mass is 765 g/mol.